The zero-order chi connectivity index (χ0) is 13.7. The van der Waals surface area contributed by atoms with E-state index in [9.17, 15) is 0 Å². The summed E-state index contributed by atoms with van der Waals surface area (Å²) >= 11 is 14.5. The molecule has 0 aromatic heterocycles. The third-order valence-electron chi connectivity index (χ3n) is 3.66. The van der Waals surface area contributed by atoms with Crippen LogP contribution < -0.4 is 5.32 Å². The molecule has 1 fully saturated rings. The number of rotatable bonds is 6. The van der Waals surface area contributed by atoms with Gasteiger partial charge in [0.25, 0.3) is 0 Å². The van der Waals surface area contributed by atoms with Crippen LogP contribution in [0.2, 0.25) is 10.0 Å². The number of hydrogen-bond donors (Lipinski definition) is 1. The molecule has 0 radical (unpaired) electrons. The third-order valence-corrected chi connectivity index (χ3v) is 5.71. The molecule has 106 valence electrons. The third kappa shape index (κ3) is 4.29. The fraction of sp³-hybridized carbons (Fsp3) is 0.600. The lowest BCUT2D eigenvalue weighted by Crippen LogP contribution is -2.38. The quantitative estimate of drug-likeness (QED) is 0.819. The second kappa shape index (κ2) is 7.78. The molecule has 1 nitrogen and oxygen atoms in total. The molecule has 19 heavy (non-hydrogen) atoms. The molecule has 1 saturated heterocycles. The van der Waals surface area contributed by atoms with Gasteiger partial charge in [-0.25, -0.2) is 0 Å². The Morgan fingerprint density at radius 2 is 2.26 bits per heavy atom. The van der Waals surface area contributed by atoms with Crippen LogP contribution in [0.5, 0.6) is 0 Å². The minimum absolute atomic E-state index is 0.519. The summed E-state index contributed by atoms with van der Waals surface area (Å²) in [6.45, 7) is 3.28. The first-order chi connectivity index (χ1) is 9.22. The topological polar surface area (TPSA) is 12.0 Å². The molecular weight excluding hydrogens is 297 g/mol. The van der Waals surface area contributed by atoms with Crippen molar-refractivity contribution in [3.8, 4) is 0 Å². The van der Waals surface area contributed by atoms with Crippen LogP contribution in [0.4, 0.5) is 0 Å². The first-order valence-corrected chi connectivity index (χ1v) is 8.87. The highest BCUT2D eigenvalue weighted by Crippen LogP contribution is 2.31. The molecule has 1 aromatic carbocycles. The maximum absolute atomic E-state index is 6.31. The second-order valence-corrected chi connectivity index (χ2v) is 7.04. The van der Waals surface area contributed by atoms with Gasteiger partial charge in [0.1, 0.15) is 0 Å². The molecule has 0 amide bonds. The van der Waals surface area contributed by atoms with Crippen molar-refractivity contribution in [1.29, 1.82) is 0 Å². The van der Waals surface area contributed by atoms with Gasteiger partial charge in [-0.3, -0.25) is 0 Å². The van der Waals surface area contributed by atoms with Crippen molar-refractivity contribution in [3.63, 3.8) is 0 Å². The van der Waals surface area contributed by atoms with Crippen molar-refractivity contribution in [3.05, 3.63) is 33.8 Å². The van der Waals surface area contributed by atoms with Crippen molar-refractivity contribution in [2.75, 3.05) is 18.1 Å². The SMILES string of the molecule is CCCNC(Cc1cccc(Cl)c1Cl)C1CCSC1. The monoisotopic (exact) mass is 317 g/mol. The molecule has 1 N–H and O–H groups in total. The number of halogens is 2. The molecule has 2 rings (SSSR count). The summed E-state index contributed by atoms with van der Waals surface area (Å²) in [5.74, 6) is 3.31. The molecule has 4 heteroatoms. The van der Waals surface area contributed by atoms with Crippen molar-refractivity contribution in [1.82, 2.24) is 5.32 Å². The molecule has 0 bridgehead atoms. The van der Waals surface area contributed by atoms with Crippen molar-refractivity contribution >= 4 is 35.0 Å². The van der Waals surface area contributed by atoms with Crippen molar-refractivity contribution in [2.45, 2.75) is 32.2 Å². The Morgan fingerprint density at radius 3 is 2.95 bits per heavy atom. The number of thioether (sulfide) groups is 1. The Bertz CT molecular complexity index is 405. The molecule has 0 saturated carbocycles. The summed E-state index contributed by atoms with van der Waals surface area (Å²) < 4.78 is 0. The number of hydrogen-bond acceptors (Lipinski definition) is 2. The minimum Gasteiger partial charge on any atom is -0.313 e. The standard InChI is InChI=1S/C15H21Cl2NS/c1-2-7-18-14(12-6-8-19-10-12)9-11-4-3-5-13(16)15(11)17/h3-5,12,14,18H,2,6-10H2,1H3. The summed E-state index contributed by atoms with van der Waals surface area (Å²) in [6.07, 6.45) is 3.45. The second-order valence-electron chi connectivity index (χ2n) is 5.10. The van der Waals surface area contributed by atoms with Crippen LogP contribution in [-0.4, -0.2) is 24.1 Å². The minimum atomic E-state index is 0.519. The number of benzene rings is 1. The van der Waals surface area contributed by atoms with Gasteiger partial charge in [0.15, 0.2) is 0 Å². The summed E-state index contributed by atoms with van der Waals surface area (Å²) in [4.78, 5) is 0. The highest BCUT2D eigenvalue weighted by molar-refractivity contribution is 7.99. The van der Waals surface area contributed by atoms with Gasteiger partial charge >= 0.3 is 0 Å². The van der Waals surface area contributed by atoms with Crippen LogP contribution in [0.25, 0.3) is 0 Å². The summed E-state index contributed by atoms with van der Waals surface area (Å²) in [5, 5.41) is 5.07. The summed E-state index contributed by atoms with van der Waals surface area (Å²) in [7, 11) is 0. The first-order valence-electron chi connectivity index (χ1n) is 6.96. The first kappa shape index (κ1) is 15.5. The summed E-state index contributed by atoms with van der Waals surface area (Å²) in [6, 6.07) is 6.46. The lowest BCUT2D eigenvalue weighted by atomic mass is 9.93. The molecule has 1 aliphatic heterocycles. The lowest BCUT2D eigenvalue weighted by Gasteiger charge is -2.25. The molecule has 1 aromatic rings. The molecule has 1 heterocycles. The van der Waals surface area contributed by atoms with Gasteiger partial charge in [0, 0.05) is 6.04 Å². The van der Waals surface area contributed by atoms with Crippen LogP contribution >= 0.6 is 35.0 Å². The van der Waals surface area contributed by atoms with Crippen molar-refractivity contribution < 1.29 is 0 Å². The number of nitrogens with one attached hydrogen (secondary N) is 1. The Labute approximate surface area is 130 Å². The average molecular weight is 318 g/mol. The van der Waals surface area contributed by atoms with Gasteiger partial charge in [0.2, 0.25) is 0 Å². The Hall–Kier alpha value is 0.110. The zero-order valence-corrected chi connectivity index (χ0v) is 13.6. The Balaban J connectivity index is 2.07. The van der Waals surface area contributed by atoms with Gasteiger partial charge < -0.3 is 5.32 Å². The fourth-order valence-electron chi connectivity index (χ4n) is 2.55. The fourth-order valence-corrected chi connectivity index (χ4v) is 4.28. The van der Waals surface area contributed by atoms with E-state index in [1.165, 1.54) is 29.9 Å². The maximum Gasteiger partial charge on any atom is 0.0624 e. The molecule has 2 unspecified atom stereocenters. The van der Waals surface area contributed by atoms with E-state index in [0.717, 1.165) is 23.9 Å². The normalized spacial score (nSPS) is 20.7. The smallest absolute Gasteiger partial charge is 0.0624 e. The van der Waals surface area contributed by atoms with Crippen LogP contribution in [0.3, 0.4) is 0 Å². The van der Waals surface area contributed by atoms with E-state index >= 15 is 0 Å². The van der Waals surface area contributed by atoms with Crippen LogP contribution in [0, 0.1) is 5.92 Å². The van der Waals surface area contributed by atoms with Crippen molar-refractivity contribution in [2.24, 2.45) is 5.92 Å². The highest BCUT2D eigenvalue weighted by atomic mass is 35.5. The molecule has 1 aliphatic rings. The van der Waals surface area contributed by atoms with Crippen LogP contribution in [0.1, 0.15) is 25.3 Å². The van der Waals surface area contributed by atoms with E-state index in [-0.39, 0.29) is 0 Å². The van der Waals surface area contributed by atoms with Crippen LogP contribution in [0.15, 0.2) is 18.2 Å². The van der Waals surface area contributed by atoms with Gasteiger partial charge in [-0.1, -0.05) is 42.3 Å². The predicted molar refractivity (Wildman–Crippen MR) is 87.7 cm³/mol. The largest absolute Gasteiger partial charge is 0.313 e. The lowest BCUT2D eigenvalue weighted by molar-refractivity contribution is 0.380. The van der Waals surface area contributed by atoms with Crippen LogP contribution in [-0.2, 0) is 6.42 Å². The zero-order valence-electron chi connectivity index (χ0n) is 11.3. The van der Waals surface area contributed by atoms with Gasteiger partial charge in [-0.2, -0.15) is 11.8 Å². The maximum atomic E-state index is 6.31. The van der Waals surface area contributed by atoms with Gasteiger partial charge in [-0.05, 0) is 54.9 Å². The van der Waals surface area contributed by atoms with E-state index in [1.807, 2.05) is 12.1 Å². The summed E-state index contributed by atoms with van der Waals surface area (Å²) in [5.41, 5.74) is 1.17. The Kier molecular flexibility index (Phi) is 6.34. The van der Waals surface area contributed by atoms with E-state index < -0.39 is 0 Å². The average Bonchev–Trinajstić information content (AvgIpc) is 2.93. The van der Waals surface area contributed by atoms with Gasteiger partial charge in [-0.15, -0.1) is 0 Å². The Morgan fingerprint density at radius 1 is 1.42 bits per heavy atom. The molecular formula is C15H21Cl2NS. The molecule has 0 spiro atoms. The predicted octanol–water partition coefficient (Wildman–Crippen LogP) is 4.66. The molecule has 2 atom stereocenters. The van der Waals surface area contributed by atoms with E-state index in [0.29, 0.717) is 11.1 Å². The van der Waals surface area contributed by atoms with E-state index in [4.69, 9.17) is 23.2 Å². The highest BCUT2D eigenvalue weighted by Gasteiger charge is 2.25. The van der Waals surface area contributed by atoms with E-state index in [1.54, 1.807) is 0 Å². The van der Waals surface area contributed by atoms with Gasteiger partial charge in [0.05, 0.1) is 10.0 Å². The van der Waals surface area contributed by atoms with E-state index in [2.05, 4.69) is 30.1 Å². The molecule has 0 aliphatic carbocycles.